The van der Waals surface area contributed by atoms with E-state index in [9.17, 15) is 24.7 Å². The van der Waals surface area contributed by atoms with Crippen LogP contribution in [0.2, 0.25) is 0 Å². The molecule has 0 aromatic carbocycles. The number of nitrogen functional groups attached to an aromatic ring is 1. The SMILES string of the molecule is Nc1nc(=O)n(C2CC(O)C(CO)O2)cc1C#CCN(O)C(=O)CCC(=O)O. The first-order valence-electron chi connectivity index (χ1n) is 8.25. The summed E-state index contributed by atoms with van der Waals surface area (Å²) in [4.78, 5) is 37.6. The van der Waals surface area contributed by atoms with Gasteiger partial charge in [-0.25, -0.2) is 9.86 Å². The summed E-state index contributed by atoms with van der Waals surface area (Å²) in [6.07, 6.45) is -2.12. The number of hydrogen-bond donors (Lipinski definition) is 5. The second-order valence-corrected chi connectivity index (χ2v) is 5.99. The van der Waals surface area contributed by atoms with Gasteiger partial charge in [0.15, 0.2) is 0 Å². The lowest BCUT2D eigenvalue weighted by Crippen LogP contribution is -2.29. The number of carboxylic acid groups (broad SMARTS) is 1. The maximum absolute atomic E-state index is 12.0. The summed E-state index contributed by atoms with van der Waals surface area (Å²) in [5.74, 6) is 2.87. The summed E-state index contributed by atoms with van der Waals surface area (Å²) in [5, 5.41) is 37.3. The second-order valence-electron chi connectivity index (χ2n) is 5.99. The van der Waals surface area contributed by atoms with Crippen LogP contribution in [-0.2, 0) is 14.3 Å². The number of aliphatic hydroxyl groups is 2. The number of aliphatic carboxylic acids is 1. The zero-order valence-electron chi connectivity index (χ0n) is 14.7. The molecule has 0 radical (unpaired) electrons. The Morgan fingerprint density at radius 1 is 1.43 bits per heavy atom. The summed E-state index contributed by atoms with van der Waals surface area (Å²) in [7, 11) is 0. The molecule has 0 aliphatic carbocycles. The lowest BCUT2D eigenvalue weighted by atomic mass is 10.2. The molecule has 3 atom stereocenters. The van der Waals surface area contributed by atoms with Gasteiger partial charge in [-0.1, -0.05) is 11.8 Å². The summed E-state index contributed by atoms with van der Waals surface area (Å²) in [5.41, 5.74) is 5.05. The fourth-order valence-electron chi connectivity index (χ4n) is 2.48. The van der Waals surface area contributed by atoms with Crippen LogP contribution in [-0.4, -0.2) is 72.4 Å². The van der Waals surface area contributed by atoms with Crippen molar-refractivity contribution < 1.29 is 34.9 Å². The second kappa shape index (κ2) is 9.29. The zero-order chi connectivity index (χ0) is 20.8. The van der Waals surface area contributed by atoms with Crippen LogP contribution < -0.4 is 11.4 Å². The third-order valence-electron chi connectivity index (χ3n) is 3.97. The van der Waals surface area contributed by atoms with Crippen molar-refractivity contribution >= 4 is 17.7 Å². The molecule has 0 spiro atoms. The number of hydrogen-bond acceptors (Lipinski definition) is 9. The van der Waals surface area contributed by atoms with Crippen LogP contribution in [0.1, 0.15) is 31.1 Å². The quantitative estimate of drug-likeness (QED) is 0.202. The molecule has 1 fully saturated rings. The molecule has 2 rings (SSSR count). The van der Waals surface area contributed by atoms with Crippen LogP contribution >= 0.6 is 0 Å². The van der Waals surface area contributed by atoms with Gasteiger partial charge in [0.2, 0.25) is 5.91 Å². The molecule has 12 nitrogen and oxygen atoms in total. The number of nitrogens with zero attached hydrogens (tertiary/aromatic N) is 3. The third-order valence-corrected chi connectivity index (χ3v) is 3.97. The van der Waals surface area contributed by atoms with Crippen molar-refractivity contribution in [1.82, 2.24) is 14.6 Å². The van der Waals surface area contributed by atoms with Crippen molar-refractivity contribution in [2.45, 2.75) is 37.7 Å². The van der Waals surface area contributed by atoms with Crippen molar-refractivity contribution in [2.24, 2.45) is 0 Å². The van der Waals surface area contributed by atoms with Gasteiger partial charge in [-0.15, -0.1) is 0 Å². The normalized spacial score (nSPS) is 21.0. The van der Waals surface area contributed by atoms with E-state index in [0.29, 0.717) is 0 Å². The van der Waals surface area contributed by atoms with Gasteiger partial charge in [0.25, 0.3) is 0 Å². The number of carbonyl (C=O) groups excluding carboxylic acids is 1. The van der Waals surface area contributed by atoms with Gasteiger partial charge in [0.1, 0.15) is 24.7 Å². The molecule has 6 N–H and O–H groups in total. The number of hydroxylamine groups is 2. The molecule has 12 heteroatoms. The van der Waals surface area contributed by atoms with Gasteiger partial charge in [-0.3, -0.25) is 19.4 Å². The van der Waals surface area contributed by atoms with Gasteiger partial charge in [0, 0.05) is 19.0 Å². The Kier molecular flexibility index (Phi) is 7.07. The van der Waals surface area contributed by atoms with Crippen molar-refractivity contribution in [2.75, 3.05) is 18.9 Å². The molecular formula is C16H20N4O8. The maximum atomic E-state index is 12.0. The first kappa shape index (κ1) is 21.3. The van der Waals surface area contributed by atoms with E-state index in [0.717, 1.165) is 4.57 Å². The number of ether oxygens (including phenoxy) is 1. The molecule has 1 aromatic heterocycles. The number of amides is 1. The monoisotopic (exact) mass is 396 g/mol. The van der Waals surface area contributed by atoms with Gasteiger partial charge < -0.3 is 25.8 Å². The highest BCUT2D eigenvalue weighted by molar-refractivity contribution is 5.80. The topological polar surface area (TPSA) is 188 Å². The number of carboxylic acids is 1. The molecular weight excluding hydrogens is 376 g/mol. The van der Waals surface area contributed by atoms with Crippen molar-refractivity contribution in [3.63, 3.8) is 0 Å². The number of aliphatic hydroxyl groups excluding tert-OH is 2. The van der Waals surface area contributed by atoms with Crippen LogP contribution in [0.3, 0.4) is 0 Å². The molecule has 1 saturated heterocycles. The third kappa shape index (κ3) is 5.27. The minimum absolute atomic E-state index is 0.0616. The lowest BCUT2D eigenvalue weighted by Gasteiger charge is -2.15. The fraction of sp³-hybridized carbons (Fsp3) is 0.500. The highest BCUT2D eigenvalue weighted by Crippen LogP contribution is 2.27. The first-order chi connectivity index (χ1) is 13.2. The number of nitrogens with two attached hydrogens (primary N) is 1. The largest absolute Gasteiger partial charge is 0.481 e. The highest BCUT2D eigenvalue weighted by atomic mass is 16.5. The highest BCUT2D eigenvalue weighted by Gasteiger charge is 2.35. The molecule has 1 amide bonds. The Morgan fingerprint density at radius 2 is 2.14 bits per heavy atom. The van der Waals surface area contributed by atoms with Gasteiger partial charge in [0.05, 0.1) is 24.7 Å². The predicted octanol–water partition coefficient (Wildman–Crippen LogP) is -2.10. The number of anilines is 1. The Morgan fingerprint density at radius 3 is 2.75 bits per heavy atom. The number of carbonyl (C=O) groups is 2. The molecule has 2 heterocycles. The predicted molar refractivity (Wildman–Crippen MR) is 91.8 cm³/mol. The minimum Gasteiger partial charge on any atom is -0.481 e. The van der Waals surface area contributed by atoms with E-state index < -0.39 is 55.6 Å². The maximum Gasteiger partial charge on any atom is 0.351 e. The molecule has 1 aliphatic heterocycles. The van der Waals surface area contributed by atoms with Crippen LogP contribution in [0.15, 0.2) is 11.0 Å². The van der Waals surface area contributed by atoms with E-state index in [1.165, 1.54) is 6.20 Å². The molecule has 3 unspecified atom stereocenters. The number of aromatic nitrogens is 2. The molecule has 28 heavy (non-hydrogen) atoms. The average molecular weight is 396 g/mol. The van der Waals surface area contributed by atoms with E-state index in [1.54, 1.807) is 0 Å². The van der Waals surface area contributed by atoms with Crippen LogP contribution in [0.4, 0.5) is 5.82 Å². The van der Waals surface area contributed by atoms with Gasteiger partial charge in [-0.2, -0.15) is 4.98 Å². The fourth-order valence-corrected chi connectivity index (χ4v) is 2.48. The molecule has 1 aliphatic rings. The van der Waals surface area contributed by atoms with Crippen LogP contribution in [0.25, 0.3) is 0 Å². The van der Waals surface area contributed by atoms with Gasteiger partial charge >= 0.3 is 11.7 Å². The van der Waals surface area contributed by atoms with E-state index >= 15 is 0 Å². The summed E-state index contributed by atoms with van der Waals surface area (Å²) in [6.45, 7) is -0.827. The van der Waals surface area contributed by atoms with E-state index in [4.69, 9.17) is 20.7 Å². The number of rotatable bonds is 6. The standard InChI is InChI=1S/C16H20N4O8/c17-15-9(2-1-5-20(27)12(23)3-4-14(24)25)7-19(16(26)18-15)13-6-10(22)11(8-21)28-13/h7,10-11,13,21-22,27H,3-6,8H2,(H,24,25)(H2,17,18,26). The molecule has 1 aromatic rings. The van der Waals surface area contributed by atoms with Crippen molar-refractivity contribution in [1.29, 1.82) is 0 Å². The summed E-state index contributed by atoms with van der Waals surface area (Å²) in [6, 6.07) is 0. The molecule has 0 bridgehead atoms. The Balaban J connectivity index is 2.11. The first-order valence-corrected chi connectivity index (χ1v) is 8.25. The lowest BCUT2D eigenvalue weighted by molar-refractivity contribution is -0.163. The Bertz CT molecular complexity index is 858. The van der Waals surface area contributed by atoms with E-state index in [-0.39, 0.29) is 29.3 Å². The Labute approximate surface area is 158 Å². The smallest absolute Gasteiger partial charge is 0.351 e. The average Bonchev–Trinajstić information content (AvgIpc) is 3.01. The van der Waals surface area contributed by atoms with Crippen molar-refractivity contribution in [3.8, 4) is 11.8 Å². The van der Waals surface area contributed by atoms with E-state index in [2.05, 4.69) is 16.8 Å². The minimum atomic E-state index is -1.17. The summed E-state index contributed by atoms with van der Waals surface area (Å²) >= 11 is 0. The molecule has 0 saturated carbocycles. The van der Waals surface area contributed by atoms with Crippen LogP contribution in [0, 0.1) is 11.8 Å². The Hall–Kier alpha value is -2.98. The zero-order valence-corrected chi connectivity index (χ0v) is 14.7. The van der Waals surface area contributed by atoms with E-state index in [1.807, 2.05) is 0 Å². The van der Waals surface area contributed by atoms with Gasteiger partial charge in [-0.05, 0) is 0 Å². The molecule has 152 valence electrons. The van der Waals surface area contributed by atoms with Crippen LogP contribution in [0.5, 0.6) is 0 Å². The van der Waals surface area contributed by atoms with Crippen molar-refractivity contribution in [3.05, 3.63) is 22.2 Å². The summed E-state index contributed by atoms with van der Waals surface area (Å²) < 4.78 is 6.48.